The smallest absolute Gasteiger partial charge is 0.314 e. The lowest BCUT2D eigenvalue weighted by Gasteiger charge is -2.33. The normalized spacial score (nSPS) is 32.5. The van der Waals surface area contributed by atoms with E-state index in [-0.39, 0.29) is 0 Å². The van der Waals surface area contributed by atoms with E-state index in [0.29, 0.717) is 19.0 Å². The van der Waals surface area contributed by atoms with Gasteiger partial charge in [0, 0.05) is 5.41 Å². The van der Waals surface area contributed by atoms with Gasteiger partial charge in [0.2, 0.25) is 0 Å². The lowest BCUT2D eigenvalue weighted by atomic mass is 9.81. The topological polar surface area (TPSA) is 106 Å². The quantitative estimate of drug-likeness (QED) is 0.643. The molecule has 3 N–H and O–H groups in total. The Kier molecular flexibility index (Phi) is 4.45. The van der Waals surface area contributed by atoms with Crippen molar-refractivity contribution in [3.63, 3.8) is 0 Å². The first-order valence-corrected chi connectivity index (χ1v) is 8.51. The number of hydrogen-bond donors (Lipinski definition) is 2. The molecule has 0 amide bonds. The van der Waals surface area contributed by atoms with Crippen LogP contribution in [0.4, 0.5) is 0 Å². The summed E-state index contributed by atoms with van der Waals surface area (Å²) in [7, 11) is 0. The van der Waals surface area contributed by atoms with Gasteiger partial charge in [0.05, 0.1) is 25.4 Å². The summed E-state index contributed by atoms with van der Waals surface area (Å²) in [5, 5.41) is 20.2. The number of rotatable bonds is 8. The largest absolute Gasteiger partial charge is 0.343 e. The molecule has 1 aliphatic carbocycles. The Hall–Kier alpha value is -1.63. The van der Waals surface area contributed by atoms with Crippen LogP contribution in [0.25, 0.3) is 0 Å². The number of nitriles is 2. The van der Waals surface area contributed by atoms with Crippen LogP contribution >= 0.6 is 0 Å². The highest BCUT2D eigenvalue weighted by Crippen LogP contribution is 2.85. The molecule has 0 aromatic heterocycles. The van der Waals surface area contributed by atoms with E-state index in [0.717, 1.165) is 25.7 Å². The molecule has 0 aromatic rings. The minimum absolute atomic E-state index is 0.311. The van der Waals surface area contributed by atoms with Crippen molar-refractivity contribution in [3.05, 3.63) is 0 Å². The predicted octanol–water partition coefficient (Wildman–Crippen LogP) is 0.785. The van der Waals surface area contributed by atoms with Crippen LogP contribution in [0.1, 0.15) is 53.4 Å². The van der Waals surface area contributed by atoms with Crippen LogP contribution in [0, 0.1) is 38.9 Å². The van der Waals surface area contributed by atoms with Crippen molar-refractivity contribution in [1.29, 1.82) is 10.5 Å². The van der Waals surface area contributed by atoms with Gasteiger partial charge in [-0.2, -0.15) is 10.5 Å². The van der Waals surface area contributed by atoms with Gasteiger partial charge in [0.1, 0.15) is 0 Å². The van der Waals surface area contributed by atoms with Crippen LogP contribution in [0.2, 0.25) is 0 Å². The Labute approximate surface area is 138 Å². The van der Waals surface area contributed by atoms with Gasteiger partial charge in [0.25, 0.3) is 5.84 Å². The van der Waals surface area contributed by atoms with Crippen molar-refractivity contribution < 1.29 is 14.5 Å². The lowest BCUT2D eigenvalue weighted by Crippen LogP contribution is -2.91. The molecule has 0 unspecified atom stereocenters. The van der Waals surface area contributed by atoms with Crippen LogP contribution in [0.5, 0.6) is 0 Å². The van der Waals surface area contributed by atoms with Crippen molar-refractivity contribution in [1.82, 2.24) is 0 Å². The SMILES string of the molecule is CCCC1(CCC)[C@]2(C#N)C(OCC)(OCC)[NH+]=C(N)[C@]12C#N. The average Bonchev–Trinajstić information content (AvgIpc) is 2.95. The van der Waals surface area contributed by atoms with Gasteiger partial charge in [-0.1, -0.05) is 26.7 Å². The maximum absolute atomic E-state index is 10.2. The first-order valence-electron chi connectivity index (χ1n) is 8.51. The average molecular weight is 319 g/mol. The van der Waals surface area contributed by atoms with E-state index in [9.17, 15) is 10.5 Å². The Morgan fingerprint density at radius 2 is 1.52 bits per heavy atom. The number of ether oxygens (including phenoxy) is 2. The van der Waals surface area contributed by atoms with Gasteiger partial charge in [-0.3, -0.25) is 5.73 Å². The van der Waals surface area contributed by atoms with Gasteiger partial charge in [-0.25, -0.2) is 4.99 Å². The summed E-state index contributed by atoms with van der Waals surface area (Å²) in [5.41, 5.74) is 3.55. The van der Waals surface area contributed by atoms with E-state index in [1.54, 1.807) is 0 Å². The molecule has 0 spiro atoms. The number of nitrogens with zero attached hydrogens (tertiary/aromatic N) is 2. The maximum Gasteiger partial charge on any atom is 0.343 e. The predicted molar refractivity (Wildman–Crippen MR) is 84.5 cm³/mol. The van der Waals surface area contributed by atoms with E-state index in [2.05, 4.69) is 31.0 Å². The van der Waals surface area contributed by atoms with Crippen molar-refractivity contribution in [3.8, 4) is 12.1 Å². The Morgan fingerprint density at radius 1 is 1.00 bits per heavy atom. The van der Waals surface area contributed by atoms with Crippen LogP contribution < -0.4 is 10.7 Å². The summed E-state index contributed by atoms with van der Waals surface area (Å²) in [4.78, 5) is 3.03. The molecular weight excluding hydrogens is 292 g/mol. The number of nitrogens with one attached hydrogen (secondary N) is 1. The summed E-state index contributed by atoms with van der Waals surface area (Å²) < 4.78 is 11.8. The number of hydrogen-bond acceptors (Lipinski definition) is 5. The molecule has 2 aliphatic rings. The molecule has 6 nitrogen and oxygen atoms in total. The number of fused-ring (bicyclic) bond motifs is 1. The molecule has 2 rings (SSSR count). The fraction of sp³-hybridized carbons (Fsp3) is 0.824. The third kappa shape index (κ3) is 1.61. The van der Waals surface area contributed by atoms with Gasteiger partial charge >= 0.3 is 5.91 Å². The van der Waals surface area contributed by atoms with Gasteiger partial charge < -0.3 is 9.47 Å². The Bertz CT molecular complexity index is 576. The number of nitrogens with two attached hydrogens (primary N) is 1. The third-order valence-corrected chi connectivity index (χ3v) is 5.52. The highest BCUT2D eigenvalue weighted by atomic mass is 16.7. The summed E-state index contributed by atoms with van der Waals surface area (Å²) in [6, 6.07) is 4.80. The van der Waals surface area contributed by atoms with E-state index >= 15 is 0 Å². The molecule has 0 radical (unpaired) electrons. The monoisotopic (exact) mass is 319 g/mol. The van der Waals surface area contributed by atoms with E-state index in [4.69, 9.17) is 15.2 Å². The molecule has 1 fully saturated rings. The third-order valence-electron chi connectivity index (χ3n) is 5.52. The van der Waals surface area contributed by atoms with Crippen molar-refractivity contribution >= 4 is 5.84 Å². The molecule has 0 bridgehead atoms. The molecule has 6 heteroatoms. The molecule has 2 atom stereocenters. The lowest BCUT2D eigenvalue weighted by molar-refractivity contribution is -0.695. The minimum atomic E-state index is -1.35. The van der Waals surface area contributed by atoms with Crippen LogP contribution in [-0.4, -0.2) is 25.0 Å². The summed E-state index contributed by atoms with van der Waals surface area (Å²) in [5.74, 6) is -1.04. The van der Waals surface area contributed by atoms with Gasteiger partial charge in [-0.05, 0) is 26.7 Å². The second-order valence-electron chi connectivity index (χ2n) is 6.33. The van der Waals surface area contributed by atoms with Crippen LogP contribution in [0.3, 0.4) is 0 Å². The summed E-state index contributed by atoms with van der Waals surface area (Å²) in [6.07, 6.45) is 3.22. The number of amidine groups is 1. The van der Waals surface area contributed by atoms with Crippen molar-refractivity contribution in [2.24, 2.45) is 22.0 Å². The fourth-order valence-corrected chi connectivity index (χ4v) is 5.06. The molecule has 1 heterocycles. The second kappa shape index (κ2) is 5.78. The standard InChI is InChI=1S/C17H26N4O2/c1-5-9-14(10-6-2)15(11-18)13(20)21-17(22-7-3,23-8-4)16(14,15)12-19/h5-10H2,1-4H3,(H2,20,21)/p+1/t15-,16+/m1/s1. The zero-order valence-corrected chi connectivity index (χ0v) is 14.5. The maximum atomic E-state index is 10.2. The molecule has 126 valence electrons. The molecule has 0 saturated heterocycles. The molecule has 23 heavy (non-hydrogen) atoms. The summed E-state index contributed by atoms with van der Waals surface area (Å²) in [6.45, 7) is 8.54. The zero-order valence-electron chi connectivity index (χ0n) is 14.5. The molecule has 0 aromatic carbocycles. The summed E-state index contributed by atoms with van der Waals surface area (Å²) >= 11 is 0. The first-order chi connectivity index (χ1) is 11.0. The van der Waals surface area contributed by atoms with E-state index in [1.807, 2.05) is 13.8 Å². The minimum Gasteiger partial charge on any atom is -0.314 e. The highest BCUT2D eigenvalue weighted by molar-refractivity contribution is 5.95. The molecule has 1 saturated carbocycles. The first kappa shape index (κ1) is 17.7. The van der Waals surface area contributed by atoms with Gasteiger partial charge in [0.15, 0.2) is 10.8 Å². The van der Waals surface area contributed by atoms with E-state index < -0.39 is 22.2 Å². The molecular formula is C17H27N4O2+. The zero-order chi connectivity index (χ0) is 17.4. The van der Waals surface area contributed by atoms with Crippen LogP contribution in [-0.2, 0) is 9.47 Å². The Morgan fingerprint density at radius 3 is 1.87 bits per heavy atom. The second-order valence-corrected chi connectivity index (χ2v) is 6.33. The van der Waals surface area contributed by atoms with Crippen molar-refractivity contribution in [2.45, 2.75) is 59.3 Å². The van der Waals surface area contributed by atoms with E-state index in [1.165, 1.54) is 0 Å². The van der Waals surface area contributed by atoms with Crippen LogP contribution in [0.15, 0.2) is 0 Å². The highest BCUT2D eigenvalue weighted by Gasteiger charge is 3.03. The van der Waals surface area contributed by atoms with Crippen molar-refractivity contribution in [2.75, 3.05) is 13.2 Å². The van der Waals surface area contributed by atoms with Gasteiger partial charge in [-0.15, -0.1) is 0 Å². The fourth-order valence-electron chi connectivity index (χ4n) is 5.06. The molecule has 1 aliphatic heterocycles. The Balaban J connectivity index is 2.73.